The van der Waals surface area contributed by atoms with Gasteiger partial charge >= 0.3 is 0 Å². The van der Waals surface area contributed by atoms with Crippen molar-refractivity contribution < 1.29 is 4.21 Å². The van der Waals surface area contributed by atoms with Crippen LogP contribution < -0.4 is 5.73 Å². The topological polar surface area (TPSA) is 60.9 Å². The van der Waals surface area contributed by atoms with E-state index in [1.807, 2.05) is 16.1 Å². The van der Waals surface area contributed by atoms with Gasteiger partial charge in [0.15, 0.2) is 0 Å². The Morgan fingerprint density at radius 3 is 3.00 bits per heavy atom. The molecular formula is C15H19N3OS. The largest absolute Gasteiger partial charge is 0.325 e. The molecule has 20 heavy (non-hydrogen) atoms. The number of nitrogens with zero attached hydrogens (tertiary/aromatic N) is 2. The van der Waals surface area contributed by atoms with Gasteiger partial charge in [0, 0.05) is 30.0 Å². The Morgan fingerprint density at radius 2 is 2.30 bits per heavy atom. The SMILES string of the molecule is C[C@H]1C=CC(S(=O)n2c(CN)cc3cnccc32)CC1. The summed E-state index contributed by atoms with van der Waals surface area (Å²) >= 11 is 0. The average Bonchev–Trinajstić information content (AvgIpc) is 2.85. The highest BCUT2D eigenvalue weighted by Gasteiger charge is 2.23. The highest BCUT2D eigenvalue weighted by Crippen LogP contribution is 2.26. The Morgan fingerprint density at radius 1 is 1.45 bits per heavy atom. The van der Waals surface area contributed by atoms with Crippen LogP contribution in [0, 0.1) is 5.92 Å². The molecule has 2 aromatic heterocycles. The zero-order chi connectivity index (χ0) is 14.1. The number of pyridine rings is 1. The molecule has 3 rings (SSSR count). The van der Waals surface area contributed by atoms with Crippen molar-refractivity contribution in [2.24, 2.45) is 11.7 Å². The van der Waals surface area contributed by atoms with Gasteiger partial charge in [-0.2, -0.15) is 0 Å². The molecule has 1 aliphatic carbocycles. The van der Waals surface area contributed by atoms with Crippen molar-refractivity contribution in [1.82, 2.24) is 8.96 Å². The number of rotatable bonds is 3. The zero-order valence-electron chi connectivity index (χ0n) is 11.5. The van der Waals surface area contributed by atoms with E-state index in [1.54, 1.807) is 12.4 Å². The molecule has 2 aromatic rings. The van der Waals surface area contributed by atoms with Crippen molar-refractivity contribution in [2.75, 3.05) is 0 Å². The van der Waals surface area contributed by atoms with Crippen LogP contribution in [0.1, 0.15) is 25.5 Å². The van der Waals surface area contributed by atoms with Crippen LogP contribution in [-0.4, -0.2) is 18.4 Å². The lowest BCUT2D eigenvalue weighted by Gasteiger charge is -2.21. The summed E-state index contributed by atoms with van der Waals surface area (Å²) in [6, 6.07) is 3.89. The van der Waals surface area contributed by atoms with Gasteiger partial charge in [-0.15, -0.1) is 0 Å². The molecule has 4 nitrogen and oxygen atoms in total. The molecule has 0 aromatic carbocycles. The van der Waals surface area contributed by atoms with E-state index in [1.165, 1.54) is 0 Å². The maximum atomic E-state index is 12.9. The summed E-state index contributed by atoms with van der Waals surface area (Å²) in [5, 5.41) is 1.06. The van der Waals surface area contributed by atoms with E-state index >= 15 is 0 Å². The summed E-state index contributed by atoms with van der Waals surface area (Å²) in [6.45, 7) is 2.57. The average molecular weight is 289 g/mol. The molecule has 1 aliphatic rings. The van der Waals surface area contributed by atoms with Crippen LogP contribution in [0.15, 0.2) is 36.7 Å². The van der Waals surface area contributed by atoms with Crippen molar-refractivity contribution in [3.05, 3.63) is 42.4 Å². The van der Waals surface area contributed by atoms with Crippen LogP contribution in [0.5, 0.6) is 0 Å². The van der Waals surface area contributed by atoms with Gasteiger partial charge in [0.1, 0.15) is 11.0 Å². The van der Waals surface area contributed by atoms with Gasteiger partial charge in [0.2, 0.25) is 0 Å². The van der Waals surface area contributed by atoms with Gasteiger partial charge in [0.05, 0.1) is 10.8 Å². The van der Waals surface area contributed by atoms with Crippen molar-refractivity contribution >= 4 is 21.9 Å². The van der Waals surface area contributed by atoms with Gasteiger partial charge in [-0.3, -0.25) is 8.96 Å². The second-order valence-corrected chi connectivity index (χ2v) is 6.85. The molecule has 106 valence electrons. The quantitative estimate of drug-likeness (QED) is 0.882. The molecule has 3 atom stereocenters. The first-order valence-corrected chi connectivity index (χ1v) is 8.11. The number of hydrogen-bond donors (Lipinski definition) is 1. The number of allylic oxidation sites excluding steroid dienone is 1. The van der Waals surface area contributed by atoms with Crippen LogP contribution >= 0.6 is 0 Å². The number of fused-ring (bicyclic) bond motifs is 1. The third kappa shape index (κ3) is 2.31. The molecule has 0 saturated carbocycles. The zero-order valence-corrected chi connectivity index (χ0v) is 12.3. The van der Waals surface area contributed by atoms with Crippen LogP contribution in [0.4, 0.5) is 0 Å². The smallest absolute Gasteiger partial charge is 0.131 e. The van der Waals surface area contributed by atoms with Crippen LogP contribution in [0.3, 0.4) is 0 Å². The molecule has 0 spiro atoms. The maximum absolute atomic E-state index is 12.9. The Labute approximate surface area is 121 Å². The summed E-state index contributed by atoms with van der Waals surface area (Å²) in [5.74, 6) is 0.586. The number of hydrogen-bond acceptors (Lipinski definition) is 3. The predicted molar refractivity (Wildman–Crippen MR) is 82.5 cm³/mol. The minimum atomic E-state index is -1.12. The lowest BCUT2D eigenvalue weighted by molar-refractivity contribution is 0.578. The second-order valence-electron chi connectivity index (χ2n) is 5.32. The molecule has 2 heterocycles. The monoisotopic (exact) mass is 289 g/mol. The first-order valence-electron chi connectivity index (χ1n) is 6.94. The predicted octanol–water partition coefficient (Wildman–Crippen LogP) is 2.36. The molecule has 0 saturated heterocycles. The van der Waals surface area contributed by atoms with E-state index in [0.29, 0.717) is 12.5 Å². The van der Waals surface area contributed by atoms with Gasteiger partial charge in [-0.1, -0.05) is 19.1 Å². The first kappa shape index (κ1) is 13.5. The Balaban J connectivity index is 2.04. The normalized spacial score (nSPS) is 24.1. The van der Waals surface area contributed by atoms with Gasteiger partial charge < -0.3 is 5.73 Å². The molecule has 0 fully saturated rings. The Bertz CT molecular complexity index is 677. The molecule has 5 heteroatoms. The van der Waals surface area contributed by atoms with Crippen molar-refractivity contribution in [1.29, 1.82) is 0 Å². The summed E-state index contributed by atoms with van der Waals surface area (Å²) in [4.78, 5) is 4.12. The van der Waals surface area contributed by atoms with E-state index in [0.717, 1.165) is 29.4 Å². The molecule has 0 bridgehead atoms. The highest BCUT2D eigenvalue weighted by atomic mass is 32.2. The highest BCUT2D eigenvalue weighted by molar-refractivity contribution is 7.84. The standard InChI is InChI=1S/C15H19N3OS/c1-11-2-4-14(5-3-11)20(19)18-13(9-16)8-12-10-17-7-6-15(12)18/h2,4,6-8,10-11,14H,3,5,9,16H2,1H3/t11-,14?,20?/m0/s1. The third-order valence-electron chi connectivity index (χ3n) is 3.84. The van der Waals surface area contributed by atoms with Gasteiger partial charge in [0.25, 0.3) is 0 Å². The second kappa shape index (κ2) is 5.50. The minimum absolute atomic E-state index is 0.0697. The van der Waals surface area contributed by atoms with E-state index in [9.17, 15) is 4.21 Å². The van der Waals surface area contributed by atoms with E-state index in [4.69, 9.17) is 5.73 Å². The lowest BCUT2D eigenvalue weighted by atomic mass is 9.98. The third-order valence-corrected chi connectivity index (χ3v) is 5.54. The van der Waals surface area contributed by atoms with Crippen molar-refractivity contribution in [3.8, 4) is 0 Å². The number of nitrogens with two attached hydrogens (primary N) is 1. The van der Waals surface area contributed by atoms with Crippen LogP contribution in [0.25, 0.3) is 10.9 Å². The fourth-order valence-corrected chi connectivity index (χ4v) is 4.23. The Hall–Kier alpha value is -1.46. The molecule has 2 unspecified atom stereocenters. The van der Waals surface area contributed by atoms with E-state index in [2.05, 4.69) is 24.1 Å². The fourth-order valence-electron chi connectivity index (χ4n) is 2.68. The van der Waals surface area contributed by atoms with Gasteiger partial charge in [-0.05, 0) is 30.9 Å². The van der Waals surface area contributed by atoms with Crippen molar-refractivity contribution in [3.63, 3.8) is 0 Å². The minimum Gasteiger partial charge on any atom is -0.325 e. The molecular weight excluding hydrogens is 270 g/mol. The molecule has 0 radical (unpaired) electrons. The maximum Gasteiger partial charge on any atom is 0.131 e. The van der Waals surface area contributed by atoms with Crippen LogP contribution in [0.2, 0.25) is 0 Å². The molecule has 0 aliphatic heterocycles. The molecule has 2 N–H and O–H groups in total. The molecule has 0 amide bonds. The van der Waals surface area contributed by atoms with E-state index in [-0.39, 0.29) is 5.25 Å². The summed E-state index contributed by atoms with van der Waals surface area (Å²) in [7, 11) is -1.12. The Kier molecular flexibility index (Phi) is 3.72. The van der Waals surface area contributed by atoms with Gasteiger partial charge in [-0.25, -0.2) is 4.21 Å². The summed E-state index contributed by atoms with van der Waals surface area (Å²) in [5.41, 5.74) is 7.66. The summed E-state index contributed by atoms with van der Waals surface area (Å²) in [6.07, 6.45) is 9.83. The van der Waals surface area contributed by atoms with Crippen molar-refractivity contribution in [2.45, 2.75) is 31.6 Å². The number of aromatic nitrogens is 2. The fraction of sp³-hybridized carbons (Fsp3) is 0.400. The van der Waals surface area contributed by atoms with E-state index < -0.39 is 11.0 Å². The first-order chi connectivity index (χ1) is 9.70. The lowest BCUT2D eigenvalue weighted by Crippen LogP contribution is -2.24. The van der Waals surface area contributed by atoms with Crippen LogP contribution in [-0.2, 0) is 17.5 Å². The summed E-state index contributed by atoms with van der Waals surface area (Å²) < 4.78 is 14.8.